The van der Waals surface area contributed by atoms with E-state index >= 15 is 0 Å². The molecule has 0 aromatic rings. The Morgan fingerprint density at radius 2 is 1.82 bits per heavy atom. The molecule has 0 saturated heterocycles. The Labute approximate surface area is 106 Å². The normalized spacial score (nSPS) is 34.9. The van der Waals surface area contributed by atoms with Crippen molar-refractivity contribution in [3.8, 4) is 0 Å². The minimum atomic E-state index is 0.455. The van der Waals surface area contributed by atoms with Gasteiger partial charge in [0, 0.05) is 12.3 Å². The van der Waals surface area contributed by atoms with Gasteiger partial charge in [-0.2, -0.15) is 0 Å². The van der Waals surface area contributed by atoms with Crippen LogP contribution in [0.1, 0.15) is 77.6 Å². The Morgan fingerprint density at radius 3 is 2.47 bits per heavy atom. The number of ketones is 1. The number of hydrogen-bond acceptors (Lipinski definition) is 1. The van der Waals surface area contributed by atoms with Gasteiger partial charge in [0.25, 0.3) is 0 Å². The summed E-state index contributed by atoms with van der Waals surface area (Å²) in [6.07, 6.45) is 14.2. The van der Waals surface area contributed by atoms with Gasteiger partial charge < -0.3 is 0 Å². The van der Waals surface area contributed by atoms with Crippen LogP contribution in [0.3, 0.4) is 0 Å². The van der Waals surface area contributed by atoms with Crippen LogP contribution in [0.5, 0.6) is 0 Å². The number of unbranched alkanes of at least 4 members (excludes halogenated alkanes) is 1. The number of hydrogen-bond donors (Lipinski definition) is 0. The third kappa shape index (κ3) is 3.56. The molecule has 1 unspecified atom stereocenters. The second-order valence-corrected chi connectivity index (χ2v) is 6.24. The fourth-order valence-electron chi connectivity index (χ4n) is 3.88. The zero-order chi connectivity index (χ0) is 12.1. The average molecular weight is 236 g/mol. The van der Waals surface area contributed by atoms with Gasteiger partial charge in [-0.3, -0.25) is 4.79 Å². The lowest BCUT2D eigenvalue weighted by molar-refractivity contribution is -0.127. The summed E-state index contributed by atoms with van der Waals surface area (Å²) in [6.45, 7) is 2.28. The van der Waals surface area contributed by atoms with Crippen LogP contribution in [0, 0.1) is 17.8 Å². The van der Waals surface area contributed by atoms with Gasteiger partial charge in [0.2, 0.25) is 0 Å². The molecule has 1 nitrogen and oxygen atoms in total. The summed E-state index contributed by atoms with van der Waals surface area (Å²) < 4.78 is 0. The van der Waals surface area contributed by atoms with Crippen LogP contribution in [-0.4, -0.2) is 5.78 Å². The van der Waals surface area contributed by atoms with Gasteiger partial charge in [0.05, 0.1) is 0 Å². The Hall–Kier alpha value is -0.330. The van der Waals surface area contributed by atoms with Gasteiger partial charge in [-0.15, -0.1) is 0 Å². The topological polar surface area (TPSA) is 17.1 Å². The van der Waals surface area contributed by atoms with Gasteiger partial charge in [-0.1, -0.05) is 45.4 Å². The van der Waals surface area contributed by atoms with Crippen molar-refractivity contribution in [2.75, 3.05) is 0 Å². The quantitative estimate of drug-likeness (QED) is 0.689. The van der Waals surface area contributed by atoms with Crippen molar-refractivity contribution in [3.63, 3.8) is 0 Å². The molecule has 2 rings (SSSR count). The molecular formula is C16H28O. The number of rotatable bonds is 4. The smallest absolute Gasteiger partial charge is 0.136 e. The maximum absolute atomic E-state index is 11.9. The third-order valence-corrected chi connectivity index (χ3v) is 5.03. The molecule has 17 heavy (non-hydrogen) atoms. The van der Waals surface area contributed by atoms with Gasteiger partial charge in [0.1, 0.15) is 5.78 Å². The largest absolute Gasteiger partial charge is 0.299 e. The fraction of sp³-hybridized carbons (Fsp3) is 0.938. The van der Waals surface area contributed by atoms with Crippen molar-refractivity contribution in [2.45, 2.75) is 77.6 Å². The molecule has 2 aliphatic carbocycles. The van der Waals surface area contributed by atoms with Crippen LogP contribution >= 0.6 is 0 Å². The predicted octanol–water partition coefficient (Wildman–Crippen LogP) is 4.74. The molecular weight excluding hydrogens is 208 g/mol. The Bertz CT molecular complexity index is 238. The maximum Gasteiger partial charge on any atom is 0.136 e. The van der Waals surface area contributed by atoms with E-state index in [0.717, 1.165) is 24.7 Å². The number of Topliss-reactive ketones (excluding diaryl/α,β-unsaturated/α-hetero) is 1. The van der Waals surface area contributed by atoms with Crippen molar-refractivity contribution >= 4 is 5.78 Å². The molecule has 0 radical (unpaired) electrons. The second-order valence-electron chi connectivity index (χ2n) is 6.24. The highest BCUT2D eigenvalue weighted by Crippen LogP contribution is 2.39. The lowest BCUT2D eigenvalue weighted by Gasteiger charge is -2.35. The molecule has 2 aliphatic rings. The maximum atomic E-state index is 11.9. The summed E-state index contributed by atoms with van der Waals surface area (Å²) in [5.41, 5.74) is 0. The van der Waals surface area contributed by atoms with Crippen molar-refractivity contribution in [1.29, 1.82) is 0 Å². The first-order valence-electron chi connectivity index (χ1n) is 7.84. The summed E-state index contributed by atoms with van der Waals surface area (Å²) in [5.74, 6) is 2.77. The van der Waals surface area contributed by atoms with Gasteiger partial charge in [-0.05, 0) is 37.5 Å². The van der Waals surface area contributed by atoms with Crippen LogP contribution in [-0.2, 0) is 4.79 Å². The Balaban J connectivity index is 1.76. The first-order chi connectivity index (χ1) is 8.31. The molecule has 2 saturated carbocycles. The minimum Gasteiger partial charge on any atom is -0.299 e. The lowest BCUT2D eigenvalue weighted by Crippen LogP contribution is -2.30. The first-order valence-corrected chi connectivity index (χ1v) is 7.84. The van der Waals surface area contributed by atoms with Gasteiger partial charge >= 0.3 is 0 Å². The highest BCUT2D eigenvalue weighted by atomic mass is 16.1. The fourth-order valence-corrected chi connectivity index (χ4v) is 3.88. The average Bonchev–Trinajstić information content (AvgIpc) is 2.38. The van der Waals surface area contributed by atoms with Crippen molar-refractivity contribution in [2.24, 2.45) is 17.8 Å². The monoisotopic (exact) mass is 236 g/mol. The summed E-state index contributed by atoms with van der Waals surface area (Å²) >= 11 is 0. The molecule has 0 aromatic carbocycles. The van der Waals surface area contributed by atoms with Crippen molar-refractivity contribution in [1.82, 2.24) is 0 Å². The molecule has 98 valence electrons. The molecule has 0 bridgehead atoms. The number of carbonyl (C=O) groups excluding carboxylic acids is 1. The molecule has 0 aromatic heterocycles. The van der Waals surface area contributed by atoms with Crippen molar-refractivity contribution in [3.05, 3.63) is 0 Å². The van der Waals surface area contributed by atoms with E-state index in [1.54, 1.807) is 0 Å². The molecule has 0 spiro atoms. The molecule has 1 heteroatoms. The summed E-state index contributed by atoms with van der Waals surface area (Å²) in [4.78, 5) is 11.9. The standard InChI is InChI=1S/C16H28O/c1-2-3-6-13-9-11-14(12-10-13)15-7-4-5-8-16(15)17/h13-15H,2-12H2,1H3/t13-,14-,15?. The molecule has 0 heterocycles. The molecule has 0 amide bonds. The van der Waals surface area contributed by atoms with Crippen LogP contribution in [0.15, 0.2) is 0 Å². The third-order valence-electron chi connectivity index (χ3n) is 5.03. The van der Waals surface area contributed by atoms with E-state index in [9.17, 15) is 4.79 Å². The van der Waals surface area contributed by atoms with E-state index < -0.39 is 0 Å². The zero-order valence-electron chi connectivity index (χ0n) is 11.4. The van der Waals surface area contributed by atoms with E-state index in [1.807, 2.05) is 0 Å². The van der Waals surface area contributed by atoms with Crippen LogP contribution in [0.4, 0.5) is 0 Å². The lowest BCUT2D eigenvalue weighted by atomic mass is 9.70. The van der Waals surface area contributed by atoms with Gasteiger partial charge in [-0.25, -0.2) is 0 Å². The van der Waals surface area contributed by atoms with Crippen LogP contribution in [0.2, 0.25) is 0 Å². The summed E-state index contributed by atoms with van der Waals surface area (Å²) in [7, 11) is 0. The Morgan fingerprint density at radius 1 is 1.06 bits per heavy atom. The second kappa shape index (κ2) is 6.56. The van der Waals surface area contributed by atoms with E-state index in [1.165, 1.54) is 57.8 Å². The molecule has 0 N–H and O–H groups in total. The van der Waals surface area contributed by atoms with Gasteiger partial charge in [0.15, 0.2) is 0 Å². The SMILES string of the molecule is CCCC[C@H]1CC[C@H](C2CCCCC2=O)CC1. The van der Waals surface area contributed by atoms with Crippen LogP contribution < -0.4 is 0 Å². The van der Waals surface area contributed by atoms with E-state index in [0.29, 0.717) is 11.7 Å². The minimum absolute atomic E-state index is 0.455. The van der Waals surface area contributed by atoms with Crippen LogP contribution in [0.25, 0.3) is 0 Å². The summed E-state index contributed by atoms with van der Waals surface area (Å²) in [5, 5.41) is 0. The Kier molecular flexibility index (Phi) is 5.06. The first kappa shape index (κ1) is 13.1. The molecule has 1 atom stereocenters. The molecule has 0 aliphatic heterocycles. The van der Waals surface area contributed by atoms with Crippen molar-refractivity contribution < 1.29 is 4.79 Å². The zero-order valence-corrected chi connectivity index (χ0v) is 11.4. The van der Waals surface area contributed by atoms with E-state index in [4.69, 9.17) is 0 Å². The highest BCUT2D eigenvalue weighted by Gasteiger charge is 2.32. The summed E-state index contributed by atoms with van der Waals surface area (Å²) in [6, 6.07) is 0. The molecule has 2 fully saturated rings. The highest BCUT2D eigenvalue weighted by molar-refractivity contribution is 5.81. The van der Waals surface area contributed by atoms with E-state index in [2.05, 4.69) is 6.92 Å². The predicted molar refractivity (Wildman–Crippen MR) is 71.9 cm³/mol. The number of carbonyl (C=O) groups is 1. The van der Waals surface area contributed by atoms with E-state index in [-0.39, 0.29) is 0 Å².